The number of methoxy groups -OCH3 is 1. The highest BCUT2D eigenvalue weighted by Crippen LogP contribution is 2.39. The van der Waals surface area contributed by atoms with Crippen LogP contribution in [0.1, 0.15) is 34.3 Å². The number of rotatable bonds is 4. The molecule has 7 heteroatoms. The number of aryl methyl sites for hydroxylation is 2. The van der Waals surface area contributed by atoms with Crippen molar-refractivity contribution in [1.82, 2.24) is 9.97 Å². The molecule has 0 saturated carbocycles. The number of benzene rings is 2. The second-order valence-electron chi connectivity index (χ2n) is 7.55. The summed E-state index contributed by atoms with van der Waals surface area (Å²) in [7, 11) is 1.36. The monoisotopic (exact) mass is 449 g/mol. The molecule has 5 rings (SSSR count). The molecule has 0 unspecified atom stereocenters. The summed E-state index contributed by atoms with van der Waals surface area (Å²) >= 11 is 7.99. The Bertz CT molecular complexity index is 1300. The van der Waals surface area contributed by atoms with Crippen molar-refractivity contribution in [2.75, 3.05) is 12.4 Å². The Hall–Kier alpha value is -2.96. The van der Waals surface area contributed by atoms with Crippen molar-refractivity contribution in [2.24, 2.45) is 0 Å². The second-order valence-corrected chi connectivity index (χ2v) is 8.82. The number of carbonyl (C=O) groups excluding carboxylic acids is 1. The molecule has 1 aliphatic rings. The van der Waals surface area contributed by atoms with Gasteiger partial charge < -0.3 is 10.1 Å². The summed E-state index contributed by atoms with van der Waals surface area (Å²) in [5, 5.41) is 6.87. The van der Waals surface area contributed by atoms with Gasteiger partial charge in [0.1, 0.15) is 17.0 Å². The van der Waals surface area contributed by atoms with Gasteiger partial charge in [-0.2, -0.15) is 0 Å². The van der Waals surface area contributed by atoms with E-state index >= 15 is 0 Å². The van der Waals surface area contributed by atoms with E-state index in [9.17, 15) is 4.79 Å². The van der Waals surface area contributed by atoms with Crippen LogP contribution in [0.15, 0.2) is 48.1 Å². The minimum Gasteiger partial charge on any atom is -0.465 e. The summed E-state index contributed by atoms with van der Waals surface area (Å²) in [6.45, 7) is 0. The van der Waals surface area contributed by atoms with Crippen molar-refractivity contribution >= 4 is 50.6 Å². The van der Waals surface area contributed by atoms with Gasteiger partial charge >= 0.3 is 5.97 Å². The zero-order valence-corrected chi connectivity index (χ0v) is 18.5. The average Bonchev–Trinajstić information content (AvgIpc) is 3.25. The molecule has 0 radical (unpaired) electrons. The van der Waals surface area contributed by atoms with E-state index in [1.54, 1.807) is 29.5 Å². The maximum absolute atomic E-state index is 11.9. The van der Waals surface area contributed by atoms with Crippen molar-refractivity contribution in [3.05, 3.63) is 69.8 Å². The van der Waals surface area contributed by atoms with E-state index in [-0.39, 0.29) is 0 Å². The Kier molecular flexibility index (Phi) is 5.34. The largest absolute Gasteiger partial charge is 0.465 e. The molecule has 2 heterocycles. The van der Waals surface area contributed by atoms with E-state index in [0.29, 0.717) is 22.1 Å². The van der Waals surface area contributed by atoms with Crippen LogP contribution in [0.2, 0.25) is 5.02 Å². The summed E-state index contributed by atoms with van der Waals surface area (Å²) < 4.78 is 4.83. The maximum atomic E-state index is 11.9. The van der Waals surface area contributed by atoms with Crippen LogP contribution in [0, 0.1) is 0 Å². The highest BCUT2D eigenvalue weighted by Gasteiger charge is 2.17. The van der Waals surface area contributed by atoms with Gasteiger partial charge in [0.15, 0.2) is 0 Å². The summed E-state index contributed by atoms with van der Waals surface area (Å²) in [4.78, 5) is 21.8. The Morgan fingerprint density at radius 1 is 1.10 bits per heavy atom. The number of thiophene rings is 1. The molecule has 0 spiro atoms. The van der Waals surface area contributed by atoms with Crippen LogP contribution in [0.25, 0.3) is 21.3 Å². The average molecular weight is 450 g/mol. The van der Waals surface area contributed by atoms with Crippen LogP contribution in [0.4, 0.5) is 11.5 Å². The van der Waals surface area contributed by atoms with Gasteiger partial charge in [-0.25, -0.2) is 14.8 Å². The van der Waals surface area contributed by atoms with Gasteiger partial charge in [0, 0.05) is 10.9 Å². The van der Waals surface area contributed by atoms with Crippen LogP contribution in [-0.4, -0.2) is 23.0 Å². The number of esters is 1. The van der Waals surface area contributed by atoms with E-state index in [4.69, 9.17) is 16.3 Å². The normalized spacial score (nSPS) is 13.1. The lowest BCUT2D eigenvalue weighted by Crippen LogP contribution is -2.03. The molecule has 5 nitrogen and oxygen atoms in total. The van der Waals surface area contributed by atoms with Crippen LogP contribution in [0.5, 0.6) is 0 Å². The minimum absolute atomic E-state index is 0.417. The summed E-state index contributed by atoms with van der Waals surface area (Å²) in [5.74, 6) is 0.237. The van der Waals surface area contributed by atoms with Gasteiger partial charge in [0.2, 0.25) is 0 Å². The Labute approximate surface area is 189 Å². The SMILES string of the molecule is COC(=O)c1ccc(Cl)c(Nc2ncnc3scc(-c4ccc5c(c4)CCCC5)c23)c1. The number of ether oxygens (including phenoxy) is 1. The number of nitrogens with zero attached hydrogens (tertiary/aromatic N) is 2. The molecule has 0 saturated heterocycles. The second kappa shape index (κ2) is 8.29. The van der Waals surface area contributed by atoms with Crippen molar-refractivity contribution < 1.29 is 9.53 Å². The van der Waals surface area contributed by atoms with E-state index in [2.05, 4.69) is 38.9 Å². The molecule has 4 aromatic rings. The molecule has 1 N–H and O–H groups in total. The first-order valence-electron chi connectivity index (χ1n) is 10.1. The first kappa shape index (κ1) is 20.0. The molecule has 0 fully saturated rings. The molecule has 0 amide bonds. The number of anilines is 2. The molecule has 0 bridgehead atoms. The fourth-order valence-electron chi connectivity index (χ4n) is 4.08. The Morgan fingerprint density at radius 2 is 1.94 bits per heavy atom. The van der Waals surface area contributed by atoms with Crippen molar-refractivity contribution in [2.45, 2.75) is 25.7 Å². The first-order chi connectivity index (χ1) is 15.1. The molecular weight excluding hydrogens is 430 g/mol. The molecule has 2 aromatic carbocycles. The fourth-order valence-corrected chi connectivity index (χ4v) is 5.16. The summed E-state index contributed by atoms with van der Waals surface area (Å²) in [5.41, 5.74) is 6.15. The summed E-state index contributed by atoms with van der Waals surface area (Å²) in [6, 6.07) is 11.7. The van der Waals surface area contributed by atoms with Crippen LogP contribution in [-0.2, 0) is 17.6 Å². The van der Waals surface area contributed by atoms with E-state index < -0.39 is 5.97 Å². The van der Waals surface area contributed by atoms with Gasteiger partial charge in [0.25, 0.3) is 0 Å². The standard InChI is InChI=1S/C24H20ClN3O2S/c1-30-24(29)17-8-9-19(25)20(11-17)28-22-21-18(12-31-23(21)27-13-26-22)16-7-6-14-4-2-3-5-15(14)10-16/h6-13H,2-5H2,1H3,(H,26,27,28). The van der Waals surface area contributed by atoms with Crippen LogP contribution < -0.4 is 5.32 Å². The Balaban J connectivity index is 1.59. The highest BCUT2D eigenvalue weighted by molar-refractivity contribution is 7.17. The summed E-state index contributed by atoms with van der Waals surface area (Å²) in [6.07, 6.45) is 6.33. The lowest BCUT2D eigenvalue weighted by molar-refractivity contribution is 0.0601. The van der Waals surface area contributed by atoms with Crippen molar-refractivity contribution in [3.8, 4) is 11.1 Å². The predicted molar refractivity (Wildman–Crippen MR) is 126 cm³/mol. The lowest BCUT2D eigenvalue weighted by Gasteiger charge is -2.17. The maximum Gasteiger partial charge on any atom is 0.337 e. The quantitative estimate of drug-likeness (QED) is 0.364. The zero-order valence-electron chi connectivity index (χ0n) is 16.9. The molecule has 0 atom stereocenters. The van der Waals surface area contributed by atoms with Crippen LogP contribution in [0.3, 0.4) is 0 Å². The van der Waals surface area contributed by atoms with Crippen molar-refractivity contribution in [3.63, 3.8) is 0 Å². The number of fused-ring (bicyclic) bond motifs is 2. The van der Waals surface area contributed by atoms with Crippen molar-refractivity contribution in [1.29, 1.82) is 0 Å². The Morgan fingerprint density at radius 3 is 2.77 bits per heavy atom. The molecule has 2 aromatic heterocycles. The number of nitrogens with one attached hydrogen (secondary N) is 1. The highest BCUT2D eigenvalue weighted by atomic mass is 35.5. The number of halogens is 1. The third kappa shape index (κ3) is 3.77. The van der Waals surface area contributed by atoms with Gasteiger partial charge in [0.05, 0.1) is 28.8 Å². The van der Waals surface area contributed by atoms with Gasteiger partial charge in [-0.05, 0) is 60.6 Å². The molecule has 156 valence electrons. The fraction of sp³-hybridized carbons (Fsp3) is 0.208. The topological polar surface area (TPSA) is 64.1 Å². The predicted octanol–water partition coefficient (Wildman–Crippen LogP) is 6.42. The lowest BCUT2D eigenvalue weighted by atomic mass is 9.89. The van der Waals surface area contributed by atoms with Crippen LogP contribution >= 0.6 is 22.9 Å². The van der Waals surface area contributed by atoms with Gasteiger partial charge in [-0.3, -0.25) is 0 Å². The van der Waals surface area contributed by atoms with E-state index in [0.717, 1.165) is 28.6 Å². The van der Waals surface area contributed by atoms with E-state index in [1.165, 1.54) is 43.0 Å². The van der Waals surface area contributed by atoms with E-state index in [1.807, 2.05) is 0 Å². The van der Waals surface area contributed by atoms with Gasteiger partial charge in [-0.15, -0.1) is 11.3 Å². The number of hydrogen-bond donors (Lipinski definition) is 1. The third-order valence-electron chi connectivity index (χ3n) is 5.67. The number of aromatic nitrogens is 2. The molecular formula is C24H20ClN3O2S. The third-order valence-corrected chi connectivity index (χ3v) is 6.89. The molecule has 0 aliphatic heterocycles. The smallest absolute Gasteiger partial charge is 0.337 e. The molecule has 1 aliphatic carbocycles. The number of carbonyl (C=O) groups is 1. The van der Waals surface area contributed by atoms with Gasteiger partial charge in [-0.1, -0.05) is 29.8 Å². The molecule has 31 heavy (non-hydrogen) atoms. The first-order valence-corrected chi connectivity index (χ1v) is 11.4. The zero-order chi connectivity index (χ0) is 21.4. The number of hydrogen-bond acceptors (Lipinski definition) is 6. The minimum atomic E-state index is -0.419.